The topological polar surface area (TPSA) is 169 Å². The number of unbranched alkanes of at least 4 members (excludes halogenated alkanes) is 36. The van der Waals surface area contributed by atoms with Gasteiger partial charge in [0.25, 0.3) is 0 Å². The summed E-state index contributed by atoms with van der Waals surface area (Å²) in [4.78, 5) is 56.4. The fourth-order valence-electron chi connectivity index (χ4n) is 9.86. The summed E-state index contributed by atoms with van der Waals surface area (Å²) in [6.45, 7) is 8.14. The van der Waals surface area contributed by atoms with Gasteiger partial charge in [0.1, 0.15) is 30.7 Å². The number of nitrogens with two attached hydrogens (primary N) is 1. The van der Waals surface area contributed by atoms with Gasteiger partial charge >= 0.3 is 23.6 Å². The number of aliphatic hydroxyl groups is 1. The molecule has 12 nitrogen and oxygen atoms in total. The maximum atomic E-state index is 13.4. The van der Waals surface area contributed by atoms with Crippen molar-refractivity contribution in [1.82, 2.24) is 9.55 Å². The van der Waals surface area contributed by atoms with E-state index < -0.39 is 48.3 Å². The summed E-state index contributed by atoms with van der Waals surface area (Å²) in [5, 5.41) is 11.7. The zero-order valence-corrected chi connectivity index (χ0v) is 46.1. The molecule has 12 heteroatoms. The molecule has 0 bridgehead atoms. The Bertz CT molecular complexity index is 1540. The van der Waals surface area contributed by atoms with E-state index in [1.807, 2.05) is 0 Å². The minimum absolute atomic E-state index is 0.0978. The van der Waals surface area contributed by atoms with Crippen molar-refractivity contribution in [1.29, 1.82) is 0 Å². The van der Waals surface area contributed by atoms with Crippen molar-refractivity contribution < 1.29 is 38.4 Å². The Morgan fingerprint density at radius 3 is 1.28 bits per heavy atom. The highest BCUT2D eigenvalue weighted by Crippen LogP contribution is 2.33. The first-order valence-corrected chi connectivity index (χ1v) is 29.9. The normalized spacial score (nSPS) is 17.1. The second kappa shape index (κ2) is 43.4. The molecule has 1 fully saturated rings. The molecule has 2 heterocycles. The number of hydrogen-bond acceptors (Lipinski definition) is 11. The summed E-state index contributed by atoms with van der Waals surface area (Å²) in [7, 11) is 0. The van der Waals surface area contributed by atoms with Crippen LogP contribution in [0.3, 0.4) is 0 Å². The minimum Gasteiger partial charge on any atom is -0.463 e. The Labute approximate surface area is 432 Å². The van der Waals surface area contributed by atoms with E-state index in [1.165, 1.54) is 186 Å². The maximum absolute atomic E-state index is 13.4. The fraction of sp³-hybridized carbons (Fsp3) is 0.881. The number of carbonyl (C=O) groups excluding carboxylic acids is 3. The van der Waals surface area contributed by atoms with Gasteiger partial charge in [-0.1, -0.05) is 252 Å². The molecule has 0 spiro atoms. The average Bonchev–Trinajstić information content (AvgIpc) is 3.65. The van der Waals surface area contributed by atoms with Crippen molar-refractivity contribution in [2.45, 2.75) is 328 Å². The molecule has 0 amide bonds. The number of rotatable bonds is 48. The maximum Gasteiger partial charge on any atom is 0.351 e. The Hall–Kier alpha value is -2.99. The zero-order chi connectivity index (χ0) is 51.6. The average molecular weight is 1000 g/mol. The number of aliphatic hydroxyl groups excluding tert-OH is 1. The SMILES string of the molecule is CCCCCCCCCCCCCCCC(=O)OC[C@H]1O[C@@H](n2cc(C(C)OC(=O)CCCCCCCCCCCCCCC)c(N)nc2=O)[C@@H](O)[C@@H]1OC(=O)CCCCCCCCCCCCCCC. The summed E-state index contributed by atoms with van der Waals surface area (Å²) in [5.74, 6) is -1.35. The largest absolute Gasteiger partial charge is 0.463 e. The summed E-state index contributed by atoms with van der Waals surface area (Å²) in [6.07, 6.45) is 43.0. The number of anilines is 1. The van der Waals surface area contributed by atoms with Crippen LogP contribution in [0.4, 0.5) is 5.82 Å². The molecule has 71 heavy (non-hydrogen) atoms. The number of nitrogens with zero attached hydrogens (tertiary/aromatic N) is 2. The molecule has 3 N–H and O–H groups in total. The first-order valence-electron chi connectivity index (χ1n) is 29.9. The van der Waals surface area contributed by atoms with Gasteiger partial charge in [0, 0.05) is 25.5 Å². The smallest absolute Gasteiger partial charge is 0.351 e. The van der Waals surface area contributed by atoms with Crippen LogP contribution in [0.15, 0.2) is 11.0 Å². The lowest BCUT2D eigenvalue weighted by molar-refractivity contribution is -0.160. The molecule has 1 aromatic rings. The number of hydrogen-bond donors (Lipinski definition) is 2. The molecular formula is C59H107N3O9. The molecule has 2 rings (SSSR count). The third kappa shape index (κ3) is 31.4. The lowest BCUT2D eigenvalue weighted by Crippen LogP contribution is -2.40. The third-order valence-electron chi connectivity index (χ3n) is 14.5. The molecule has 1 aromatic heterocycles. The molecule has 0 aliphatic carbocycles. The van der Waals surface area contributed by atoms with Crippen molar-refractivity contribution in [3.63, 3.8) is 0 Å². The van der Waals surface area contributed by atoms with Gasteiger partial charge in [-0.25, -0.2) is 4.79 Å². The van der Waals surface area contributed by atoms with Crippen LogP contribution < -0.4 is 11.4 Å². The van der Waals surface area contributed by atoms with Crippen molar-refractivity contribution in [3.8, 4) is 0 Å². The van der Waals surface area contributed by atoms with E-state index in [0.29, 0.717) is 12.8 Å². The molecule has 0 radical (unpaired) electrons. The first kappa shape index (κ1) is 64.1. The lowest BCUT2D eigenvalue weighted by atomic mass is 10.0. The molecule has 1 aliphatic rings. The van der Waals surface area contributed by atoms with Crippen LogP contribution in [-0.4, -0.2) is 57.5 Å². The minimum atomic E-state index is -1.49. The van der Waals surface area contributed by atoms with Crippen molar-refractivity contribution in [3.05, 3.63) is 22.2 Å². The summed E-state index contributed by atoms with van der Waals surface area (Å²) in [5.41, 5.74) is 5.70. The predicted molar refractivity (Wildman–Crippen MR) is 289 cm³/mol. The van der Waals surface area contributed by atoms with E-state index in [2.05, 4.69) is 25.8 Å². The van der Waals surface area contributed by atoms with Gasteiger partial charge < -0.3 is 29.8 Å². The predicted octanol–water partition coefficient (Wildman–Crippen LogP) is 15.6. The van der Waals surface area contributed by atoms with Gasteiger partial charge in [0.15, 0.2) is 12.3 Å². The highest BCUT2D eigenvalue weighted by atomic mass is 16.6. The standard InChI is InChI=1S/C59H107N3O9/c1-5-8-11-14-17-20-23-26-29-32-35-38-41-44-52(63)68-48-51-56(71-54(65)46-43-40-37-34-31-28-25-22-19-16-13-10-7-3)55(66)58(70-51)62-47-50(57(60)61-59(62)67)49(4)69-53(64)45-42-39-36-33-30-27-24-21-18-15-12-9-6-2/h47,49,51,55-56,58,66H,5-46,48H2,1-4H3,(H2,60,61,67)/t49?,51-,55+,56-,58-/m1/s1. The number of esters is 3. The second-order valence-electron chi connectivity index (χ2n) is 21.1. The van der Waals surface area contributed by atoms with E-state index in [1.54, 1.807) is 6.92 Å². The van der Waals surface area contributed by atoms with Crippen LogP contribution in [-0.2, 0) is 33.3 Å². The van der Waals surface area contributed by atoms with E-state index in [4.69, 9.17) is 24.7 Å². The molecule has 1 unspecified atom stereocenters. The Morgan fingerprint density at radius 1 is 0.563 bits per heavy atom. The van der Waals surface area contributed by atoms with E-state index >= 15 is 0 Å². The molecule has 5 atom stereocenters. The highest BCUT2D eigenvalue weighted by Gasteiger charge is 2.48. The summed E-state index contributed by atoms with van der Waals surface area (Å²) < 4.78 is 24.6. The van der Waals surface area contributed by atoms with E-state index in [-0.39, 0.29) is 43.2 Å². The zero-order valence-electron chi connectivity index (χ0n) is 46.1. The van der Waals surface area contributed by atoms with Crippen LogP contribution >= 0.6 is 0 Å². The molecule has 1 aliphatic heterocycles. The summed E-state index contributed by atoms with van der Waals surface area (Å²) in [6, 6.07) is 0. The fourth-order valence-corrected chi connectivity index (χ4v) is 9.86. The number of ether oxygens (including phenoxy) is 4. The molecule has 0 aromatic carbocycles. The van der Waals surface area contributed by atoms with Crippen LogP contribution in [0.5, 0.6) is 0 Å². The van der Waals surface area contributed by atoms with Crippen LogP contribution in [0, 0.1) is 0 Å². The van der Waals surface area contributed by atoms with Crippen LogP contribution in [0.2, 0.25) is 0 Å². The van der Waals surface area contributed by atoms with Crippen LogP contribution in [0.1, 0.15) is 315 Å². The van der Waals surface area contributed by atoms with Gasteiger partial charge in [0.2, 0.25) is 0 Å². The first-order chi connectivity index (χ1) is 34.6. The van der Waals surface area contributed by atoms with Gasteiger partial charge in [-0.05, 0) is 26.2 Å². The van der Waals surface area contributed by atoms with Gasteiger partial charge in [-0.15, -0.1) is 0 Å². The van der Waals surface area contributed by atoms with Gasteiger partial charge in [-0.3, -0.25) is 19.0 Å². The van der Waals surface area contributed by atoms with Crippen molar-refractivity contribution in [2.75, 3.05) is 12.3 Å². The molecule has 1 saturated heterocycles. The van der Waals surface area contributed by atoms with E-state index in [0.717, 1.165) is 62.4 Å². The molecule has 0 saturated carbocycles. The Balaban J connectivity index is 1.91. The van der Waals surface area contributed by atoms with Gasteiger partial charge in [0.05, 0.1) is 5.56 Å². The molecular weight excluding hydrogens is 895 g/mol. The van der Waals surface area contributed by atoms with Crippen molar-refractivity contribution in [2.24, 2.45) is 0 Å². The Kier molecular flexibility index (Phi) is 39.2. The lowest BCUT2D eigenvalue weighted by Gasteiger charge is -2.22. The Morgan fingerprint density at radius 2 is 0.901 bits per heavy atom. The quantitative estimate of drug-likeness (QED) is 0.0362. The van der Waals surface area contributed by atoms with Crippen LogP contribution in [0.25, 0.3) is 0 Å². The number of nitrogen functional groups attached to an aromatic ring is 1. The number of aromatic nitrogens is 2. The van der Waals surface area contributed by atoms with E-state index in [9.17, 15) is 24.3 Å². The highest BCUT2D eigenvalue weighted by molar-refractivity contribution is 5.70. The second-order valence-corrected chi connectivity index (χ2v) is 21.1. The summed E-state index contributed by atoms with van der Waals surface area (Å²) >= 11 is 0. The third-order valence-corrected chi connectivity index (χ3v) is 14.5. The monoisotopic (exact) mass is 1000 g/mol. The van der Waals surface area contributed by atoms with Crippen molar-refractivity contribution >= 4 is 23.7 Å². The number of carbonyl (C=O) groups is 3. The molecule has 412 valence electrons. The van der Waals surface area contributed by atoms with Gasteiger partial charge in [-0.2, -0.15) is 4.98 Å².